The van der Waals surface area contributed by atoms with E-state index < -0.39 is 0 Å². The van der Waals surface area contributed by atoms with Gasteiger partial charge in [-0.2, -0.15) is 11.8 Å². The van der Waals surface area contributed by atoms with Crippen molar-refractivity contribution >= 4 is 23.1 Å². The fourth-order valence-electron chi connectivity index (χ4n) is 1.39. The molecule has 1 aromatic rings. The molecular formula is C11H20N2S2. The standard InChI is InChI=1S/C11H20N2S2/c1-3-13-7-10-6-9(2)15-11(10)8-14-5-4-12/h6,13H,3-5,7-8,12H2,1-2H3. The van der Waals surface area contributed by atoms with E-state index in [9.17, 15) is 0 Å². The molecule has 4 heteroatoms. The maximum Gasteiger partial charge on any atom is 0.0282 e. The summed E-state index contributed by atoms with van der Waals surface area (Å²) >= 11 is 3.84. The molecule has 1 aromatic heterocycles. The molecular weight excluding hydrogens is 224 g/mol. The zero-order valence-electron chi connectivity index (χ0n) is 9.51. The summed E-state index contributed by atoms with van der Waals surface area (Å²) in [6.07, 6.45) is 0. The minimum atomic E-state index is 0.775. The van der Waals surface area contributed by atoms with Crippen LogP contribution in [0.3, 0.4) is 0 Å². The van der Waals surface area contributed by atoms with Crippen LogP contribution in [0.25, 0.3) is 0 Å². The second-order valence-corrected chi connectivity index (χ2v) is 5.87. The number of nitrogens with two attached hydrogens (primary N) is 1. The van der Waals surface area contributed by atoms with Crippen molar-refractivity contribution in [1.82, 2.24) is 5.32 Å². The number of nitrogens with one attached hydrogen (secondary N) is 1. The molecule has 15 heavy (non-hydrogen) atoms. The van der Waals surface area contributed by atoms with E-state index in [4.69, 9.17) is 5.73 Å². The van der Waals surface area contributed by atoms with Gasteiger partial charge in [0.1, 0.15) is 0 Å². The van der Waals surface area contributed by atoms with Gasteiger partial charge >= 0.3 is 0 Å². The summed E-state index contributed by atoms with van der Waals surface area (Å²) < 4.78 is 0. The first-order chi connectivity index (χ1) is 7.27. The highest BCUT2D eigenvalue weighted by Gasteiger charge is 2.06. The maximum absolute atomic E-state index is 5.49. The summed E-state index contributed by atoms with van der Waals surface area (Å²) in [5, 5.41) is 3.38. The SMILES string of the molecule is CCNCc1cc(C)sc1CSCCN. The van der Waals surface area contributed by atoms with Crippen LogP contribution < -0.4 is 11.1 Å². The van der Waals surface area contributed by atoms with Gasteiger partial charge in [0.05, 0.1) is 0 Å². The molecule has 0 aliphatic rings. The van der Waals surface area contributed by atoms with Crippen molar-refractivity contribution in [3.8, 4) is 0 Å². The van der Waals surface area contributed by atoms with E-state index in [2.05, 4.69) is 25.2 Å². The average Bonchev–Trinajstić information content (AvgIpc) is 2.56. The van der Waals surface area contributed by atoms with Gasteiger partial charge in [0.25, 0.3) is 0 Å². The van der Waals surface area contributed by atoms with Crippen molar-refractivity contribution in [3.63, 3.8) is 0 Å². The quantitative estimate of drug-likeness (QED) is 0.723. The van der Waals surface area contributed by atoms with E-state index in [1.54, 1.807) is 0 Å². The first-order valence-corrected chi connectivity index (χ1v) is 7.31. The zero-order chi connectivity index (χ0) is 11.1. The lowest BCUT2D eigenvalue weighted by atomic mass is 10.2. The Balaban J connectivity index is 2.51. The third kappa shape index (κ3) is 4.55. The molecule has 1 heterocycles. The molecule has 1 rings (SSSR count). The van der Waals surface area contributed by atoms with Gasteiger partial charge < -0.3 is 11.1 Å². The second-order valence-electron chi connectivity index (χ2n) is 3.43. The summed E-state index contributed by atoms with van der Waals surface area (Å²) in [4.78, 5) is 2.91. The van der Waals surface area contributed by atoms with Crippen molar-refractivity contribution < 1.29 is 0 Å². The van der Waals surface area contributed by atoms with Gasteiger partial charge in [-0.1, -0.05) is 6.92 Å². The summed E-state index contributed by atoms with van der Waals surface area (Å²) in [6, 6.07) is 2.30. The van der Waals surface area contributed by atoms with Crippen LogP contribution in [0.1, 0.15) is 22.2 Å². The van der Waals surface area contributed by atoms with Crippen molar-refractivity contribution in [3.05, 3.63) is 21.4 Å². The third-order valence-electron chi connectivity index (χ3n) is 2.08. The zero-order valence-corrected chi connectivity index (χ0v) is 11.1. The van der Waals surface area contributed by atoms with Crippen LogP contribution in [0, 0.1) is 6.92 Å². The van der Waals surface area contributed by atoms with Gasteiger partial charge in [-0.3, -0.25) is 0 Å². The molecule has 3 N–H and O–H groups in total. The maximum atomic E-state index is 5.49. The summed E-state index contributed by atoms with van der Waals surface area (Å²) in [5.74, 6) is 2.16. The van der Waals surface area contributed by atoms with Crippen LogP contribution in [-0.2, 0) is 12.3 Å². The van der Waals surface area contributed by atoms with E-state index in [1.807, 2.05) is 23.1 Å². The number of thioether (sulfide) groups is 1. The van der Waals surface area contributed by atoms with Gasteiger partial charge in [0.15, 0.2) is 0 Å². The van der Waals surface area contributed by atoms with Gasteiger partial charge in [-0.05, 0) is 25.1 Å². The topological polar surface area (TPSA) is 38.0 Å². The van der Waals surface area contributed by atoms with Crippen molar-refractivity contribution in [2.75, 3.05) is 18.8 Å². The van der Waals surface area contributed by atoms with Crippen molar-refractivity contribution in [2.45, 2.75) is 26.1 Å². The molecule has 0 fully saturated rings. The molecule has 0 amide bonds. The Morgan fingerprint density at radius 1 is 1.53 bits per heavy atom. The average molecular weight is 244 g/mol. The monoisotopic (exact) mass is 244 g/mol. The molecule has 0 saturated heterocycles. The number of rotatable bonds is 7. The van der Waals surface area contributed by atoms with Crippen molar-refractivity contribution in [2.24, 2.45) is 5.73 Å². The minimum absolute atomic E-state index is 0.775. The molecule has 0 aromatic carbocycles. The second kappa shape index (κ2) is 7.28. The van der Waals surface area contributed by atoms with E-state index in [0.717, 1.165) is 31.1 Å². The smallest absolute Gasteiger partial charge is 0.0282 e. The first-order valence-electron chi connectivity index (χ1n) is 5.34. The molecule has 0 bridgehead atoms. The number of aryl methyl sites for hydroxylation is 1. The minimum Gasteiger partial charge on any atom is -0.330 e. The van der Waals surface area contributed by atoms with Gasteiger partial charge in [-0.15, -0.1) is 11.3 Å². The summed E-state index contributed by atoms with van der Waals surface area (Å²) in [6.45, 7) is 7.13. The van der Waals surface area contributed by atoms with E-state index in [1.165, 1.54) is 15.3 Å². The Labute approximate surface area is 101 Å². The summed E-state index contributed by atoms with van der Waals surface area (Å²) in [7, 11) is 0. The Kier molecular flexibility index (Phi) is 6.32. The highest BCUT2D eigenvalue weighted by molar-refractivity contribution is 7.98. The van der Waals surface area contributed by atoms with E-state index in [-0.39, 0.29) is 0 Å². The van der Waals surface area contributed by atoms with E-state index >= 15 is 0 Å². The lowest BCUT2D eigenvalue weighted by Gasteiger charge is -2.03. The molecule has 2 nitrogen and oxygen atoms in total. The normalized spacial score (nSPS) is 10.9. The lowest BCUT2D eigenvalue weighted by molar-refractivity contribution is 0.725. The van der Waals surface area contributed by atoms with Crippen molar-refractivity contribution in [1.29, 1.82) is 0 Å². The summed E-state index contributed by atoms with van der Waals surface area (Å²) in [5.41, 5.74) is 6.95. The molecule has 86 valence electrons. The fraction of sp³-hybridized carbons (Fsp3) is 0.636. The first kappa shape index (κ1) is 13.0. The molecule has 0 aliphatic heterocycles. The number of thiophene rings is 1. The third-order valence-corrected chi connectivity index (χ3v) is 4.37. The Bertz CT molecular complexity index is 284. The fourth-order valence-corrected chi connectivity index (χ4v) is 3.41. The van der Waals surface area contributed by atoms with Crippen LogP contribution in [0.2, 0.25) is 0 Å². The highest BCUT2D eigenvalue weighted by atomic mass is 32.2. The molecule has 0 unspecified atom stereocenters. The number of hydrogen-bond donors (Lipinski definition) is 2. The molecule has 0 radical (unpaired) electrons. The van der Waals surface area contributed by atoms with Gasteiger partial charge in [-0.25, -0.2) is 0 Å². The van der Waals surface area contributed by atoms with Crippen LogP contribution in [-0.4, -0.2) is 18.8 Å². The van der Waals surface area contributed by atoms with Crippen LogP contribution in [0.5, 0.6) is 0 Å². The lowest BCUT2D eigenvalue weighted by Crippen LogP contribution is -2.12. The Morgan fingerprint density at radius 3 is 3.00 bits per heavy atom. The molecule has 0 spiro atoms. The predicted molar refractivity (Wildman–Crippen MR) is 71.7 cm³/mol. The van der Waals surface area contributed by atoms with Gasteiger partial charge in [0, 0.05) is 34.3 Å². The molecule has 0 atom stereocenters. The van der Waals surface area contributed by atoms with Crippen LogP contribution >= 0.6 is 23.1 Å². The largest absolute Gasteiger partial charge is 0.330 e. The van der Waals surface area contributed by atoms with Gasteiger partial charge in [0.2, 0.25) is 0 Å². The Hall–Kier alpha value is -0.0300. The molecule has 0 aliphatic carbocycles. The Morgan fingerprint density at radius 2 is 2.33 bits per heavy atom. The van der Waals surface area contributed by atoms with Crippen LogP contribution in [0.4, 0.5) is 0 Å². The van der Waals surface area contributed by atoms with E-state index in [0.29, 0.717) is 0 Å². The number of hydrogen-bond acceptors (Lipinski definition) is 4. The highest BCUT2D eigenvalue weighted by Crippen LogP contribution is 2.25. The molecule has 0 saturated carbocycles. The van der Waals surface area contributed by atoms with Crippen LogP contribution in [0.15, 0.2) is 6.07 Å². The predicted octanol–water partition coefficient (Wildman–Crippen LogP) is 2.36.